The normalized spacial score (nSPS) is 16.4. The summed E-state index contributed by atoms with van der Waals surface area (Å²) in [4.78, 5) is 16.9. The number of hydrogen-bond donors (Lipinski definition) is 1. The SMILES string of the molecule is CCN(CC)CC1CCN(C(=O)c2ccc(N)cc2)CC1. The molecule has 4 nitrogen and oxygen atoms in total. The predicted octanol–water partition coefficient (Wildman–Crippen LogP) is 2.46. The Hall–Kier alpha value is -1.55. The van der Waals surface area contributed by atoms with Crippen molar-refractivity contribution in [3.8, 4) is 0 Å². The first-order chi connectivity index (χ1) is 10.1. The van der Waals surface area contributed by atoms with Crippen molar-refractivity contribution in [1.82, 2.24) is 9.80 Å². The second kappa shape index (κ2) is 7.46. The van der Waals surface area contributed by atoms with Crippen molar-refractivity contribution in [3.05, 3.63) is 29.8 Å². The van der Waals surface area contributed by atoms with E-state index in [1.165, 1.54) is 0 Å². The van der Waals surface area contributed by atoms with E-state index < -0.39 is 0 Å². The van der Waals surface area contributed by atoms with E-state index in [1.54, 1.807) is 12.1 Å². The highest BCUT2D eigenvalue weighted by Gasteiger charge is 2.24. The highest BCUT2D eigenvalue weighted by Crippen LogP contribution is 2.20. The summed E-state index contributed by atoms with van der Waals surface area (Å²) < 4.78 is 0. The molecule has 0 saturated carbocycles. The molecule has 1 saturated heterocycles. The van der Waals surface area contributed by atoms with Crippen molar-refractivity contribution in [3.63, 3.8) is 0 Å². The third kappa shape index (κ3) is 4.21. The number of benzene rings is 1. The largest absolute Gasteiger partial charge is 0.399 e. The van der Waals surface area contributed by atoms with Crippen LogP contribution in [0.3, 0.4) is 0 Å². The maximum atomic E-state index is 12.4. The molecule has 1 fully saturated rings. The van der Waals surface area contributed by atoms with Crippen LogP contribution >= 0.6 is 0 Å². The van der Waals surface area contributed by atoms with Gasteiger partial charge in [-0.25, -0.2) is 0 Å². The number of nitrogens with two attached hydrogens (primary N) is 1. The second-order valence-electron chi connectivity index (χ2n) is 5.84. The highest BCUT2D eigenvalue weighted by atomic mass is 16.2. The Bertz CT molecular complexity index is 446. The Morgan fingerprint density at radius 2 is 1.76 bits per heavy atom. The number of hydrogen-bond acceptors (Lipinski definition) is 3. The van der Waals surface area contributed by atoms with Gasteiger partial charge in [0.1, 0.15) is 0 Å². The lowest BCUT2D eigenvalue weighted by Gasteiger charge is -2.34. The summed E-state index contributed by atoms with van der Waals surface area (Å²) in [7, 11) is 0. The van der Waals surface area contributed by atoms with Crippen LogP contribution in [0.5, 0.6) is 0 Å². The number of nitrogen functional groups attached to an aromatic ring is 1. The zero-order chi connectivity index (χ0) is 15.2. The van der Waals surface area contributed by atoms with Crippen LogP contribution < -0.4 is 5.73 Å². The van der Waals surface area contributed by atoms with Crippen molar-refractivity contribution in [2.24, 2.45) is 5.92 Å². The van der Waals surface area contributed by atoms with Gasteiger partial charge in [0.05, 0.1) is 0 Å². The van der Waals surface area contributed by atoms with Crippen molar-refractivity contribution < 1.29 is 4.79 Å². The number of piperidine rings is 1. The van der Waals surface area contributed by atoms with Crippen LogP contribution in [0.25, 0.3) is 0 Å². The molecule has 0 radical (unpaired) electrons. The van der Waals surface area contributed by atoms with Crippen molar-refractivity contribution in [2.45, 2.75) is 26.7 Å². The van der Waals surface area contributed by atoms with Crippen LogP contribution in [0.4, 0.5) is 5.69 Å². The topological polar surface area (TPSA) is 49.6 Å². The minimum absolute atomic E-state index is 0.135. The van der Waals surface area contributed by atoms with E-state index in [-0.39, 0.29) is 5.91 Å². The first-order valence-corrected chi connectivity index (χ1v) is 8.01. The van der Waals surface area contributed by atoms with Gasteiger partial charge in [0.15, 0.2) is 0 Å². The Morgan fingerprint density at radius 3 is 2.29 bits per heavy atom. The zero-order valence-corrected chi connectivity index (χ0v) is 13.2. The molecule has 0 unspecified atom stereocenters. The predicted molar refractivity (Wildman–Crippen MR) is 87.3 cm³/mol. The fraction of sp³-hybridized carbons (Fsp3) is 0.588. The molecule has 4 heteroatoms. The average Bonchev–Trinajstić information content (AvgIpc) is 2.53. The lowest BCUT2D eigenvalue weighted by atomic mass is 9.95. The molecule has 2 rings (SSSR count). The number of rotatable bonds is 5. The van der Waals surface area contributed by atoms with E-state index in [1.807, 2.05) is 17.0 Å². The van der Waals surface area contributed by atoms with Gasteiger partial charge >= 0.3 is 0 Å². The number of likely N-dealkylation sites (tertiary alicyclic amines) is 1. The van der Waals surface area contributed by atoms with Crippen LogP contribution in [0.2, 0.25) is 0 Å². The summed E-state index contributed by atoms with van der Waals surface area (Å²) in [6.45, 7) is 9.55. The molecule has 2 N–H and O–H groups in total. The summed E-state index contributed by atoms with van der Waals surface area (Å²) in [5.41, 5.74) is 7.11. The molecular weight excluding hydrogens is 262 g/mol. The number of carbonyl (C=O) groups is 1. The van der Waals surface area contributed by atoms with Gasteiger partial charge in [-0.05, 0) is 56.1 Å². The zero-order valence-electron chi connectivity index (χ0n) is 13.2. The first-order valence-electron chi connectivity index (χ1n) is 8.01. The molecule has 1 heterocycles. The van der Waals surface area contributed by atoms with Gasteiger partial charge in [0.2, 0.25) is 0 Å². The Labute approximate surface area is 127 Å². The van der Waals surface area contributed by atoms with E-state index in [9.17, 15) is 4.79 Å². The Kier molecular flexibility index (Phi) is 5.62. The van der Waals surface area contributed by atoms with Gasteiger partial charge in [0.25, 0.3) is 5.91 Å². The molecule has 0 atom stereocenters. The summed E-state index contributed by atoms with van der Waals surface area (Å²) >= 11 is 0. The lowest BCUT2D eigenvalue weighted by Crippen LogP contribution is -2.41. The summed E-state index contributed by atoms with van der Waals surface area (Å²) in [6.07, 6.45) is 2.22. The molecule has 0 aromatic heterocycles. The van der Waals surface area contributed by atoms with Crippen LogP contribution in [0, 0.1) is 5.92 Å². The highest BCUT2D eigenvalue weighted by molar-refractivity contribution is 5.94. The summed E-state index contributed by atoms with van der Waals surface area (Å²) in [5.74, 6) is 0.858. The van der Waals surface area contributed by atoms with Gasteiger partial charge < -0.3 is 15.5 Å². The fourth-order valence-corrected chi connectivity index (χ4v) is 2.97. The van der Waals surface area contributed by atoms with E-state index in [0.29, 0.717) is 5.69 Å². The van der Waals surface area contributed by atoms with E-state index in [4.69, 9.17) is 5.73 Å². The number of nitrogens with zero attached hydrogens (tertiary/aromatic N) is 2. The van der Waals surface area contributed by atoms with Crippen LogP contribution in [0.15, 0.2) is 24.3 Å². The Morgan fingerprint density at radius 1 is 1.19 bits per heavy atom. The van der Waals surface area contributed by atoms with Crippen molar-refractivity contribution >= 4 is 11.6 Å². The van der Waals surface area contributed by atoms with Gasteiger partial charge in [-0.2, -0.15) is 0 Å². The minimum Gasteiger partial charge on any atom is -0.399 e. The maximum absolute atomic E-state index is 12.4. The van der Waals surface area contributed by atoms with Gasteiger partial charge in [-0.3, -0.25) is 4.79 Å². The van der Waals surface area contributed by atoms with E-state index in [0.717, 1.165) is 57.0 Å². The van der Waals surface area contributed by atoms with Crippen LogP contribution in [0.1, 0.15) is 37.0 Å². The number of carbonyl (C=O) groups excluding carboxylic acids is 1. The third-order valence-electron chi connectivity index (χ3n) is 4.47. The lowest BCUT2D eigenvalue weighted by molar-refractivity contribution is 0.0669. The minimum atomic E-state index is 0.135. The third-order valence-corrected chi connectivity index (χ3v) is 4.47. The quantitative estimate of drug-likeness (QED) is 0.847. The van der Waals surface area contributed by atoms with Gasteiger partial charge in [0, 0.05) is 30.9 Å². The number of anilines is 1. The van der Waals surface area contributed by atoms with Crippen molar-refractivity contribution in [2.75, 3.05) is 38.5 Å². The standard InChI is InChI=1S/C17H27N3O/c1-3-19(4-2)13-14-9-11-20(12-10-14)17(21)15-5-7-16(18)8-6-15/h5-8,14H,3-4,9-13,18H2,1-2H3. The van der Waals surface area contributed by atoms with Crippen LogP contribution in [-0.4, -0.2) is 48.4 Å². The van der Waals surface area contributed by atoms with Gasteiger partial charge in [-0.15, -0.1) is 0 Å². The molecule has 116 valence electrons. The van der Waals surface area contributed by atoms with E-state index in [2.05, 4.69) is 18.7 Å². The molecule has 1 aliphatic rings. The van der Waals surface area contributed by atoms with E-state index >= 15 is 0 Å². The first kappa shape index (κ1) is 15.8. The maximum Gasteiger partial charge on any atom is 0.253 e. The molecule has 1 amide bonds. The number of amides is 1. The fourth-order valence-electron chi connectivity index (χ4n) is 2.97. The van der Waals surface area contributed by atoms with Crippen molar-refractivity contribution in [1.29, 1.82) is 0 Å². The molecular formula is C17H27N3O. The molecule has 1 aromatic rings. The molecule has 1 aromatic carbocycles. The molecule has 1 aliphatic heterocycles. The van der Waals surface area contributed by atoms with Crippen LogP contribution in [-0.2, 0) is 0 Å². The summed E-state index contributed by atoms with van der Waals surface area (Å²) in [5, 5.41) is 0. The summed E-state index contributed by atoms with van der Waals surface area (Å²) in [6, 6.07) is 7.22. The molecule has 0 bridgehead atoms. The average molecular weight is 289 g/mol. The van der Waals surface area contributed by atoms with Gasteiger partial charge in [-0.1, -0.05) is 13.8 Å². The Balaban J connectivity index is 1.86. The second-order valence-corrected chi connectivity index (χ2v) is 5.84. The smallest absolute Gasteiger partial charge is 0.253 e. The molecule has 21 heavy (non-hydrogen) atoms. The monoisotopic (exact) mass is 289 g/mol. The molecule has 0 aliphatic carbocycles. The molecule has 0 spiro atoms.